The molecule has 1 aliphatic heterocycles. The Kier molecular flexibility index (Phi) is 3.56. The molecule has 0 saturated heterocycles. The molecule has 1 N–H and O–H groups in total. The molecule has 0 saturated carbocycles. The molecule has 5 heteroatoms. The number of urea groups is 1. The van der Waals surface area contributed by atoms with Gasteiger partial charge < -0.3 is 10.2 Å². The molecule has 0 bridgehead atoms. The summed E-state index contributed by atoms with van der Waals surface area (Å²) in [5.74, 6) is -1.43. The summed E-state index contributed by atoms with van der Waals surface area (Å²) in [6.07, 6.45) is 0.779. The van der Waals surface area contributed by atoms with Gasteiger partial charge in [-0.05, 0) is 29.7 Å². The van der Waals surface area contributed by atoms with Crippen LogP contribution in [0, 0.1) is 11.6 Å². The van der Waals surface area contributed by atoms with Crippen LogP contribution in [-0.4, -0.2) is 17.5 Å². The Balaban J connectivity index is 1.72. The summed E-state index contributed by atoms with van der Waals surface area (Å²) in [5.41, 5.74) is 2.46. The standard InChI is InChI=1S/C16H14F2N2O/c17-13-7-14(18)9-15(8-13)19-16(21)20-6-5-11-3-1-2-4-12(11)10-20/h1-4,7-9H,5-6,10H2,(H,19,21). The number of carbonyl (C=O) groups excluding carboxylic acids is 1. The fourth-order valence-electron chi connectivity index (χ4n) is 2.50. The van der Waals surface area contributed by atoms with Gasteiger partial charge in [0.2, 0.25) is 0 Å². The first-order valence-corrected chi connectivity index (χ1v) is 6.70. The first kappa shape index (κ1) is 13.5. The molecule has 2 aromatic carbocycles. The Bertz CT molecular complexity index is 667. The fourth-order valence-corrected chi connectivity index (χ4v) is 2.50. The second kappa shape index (κ2) is 5.52. The lowest BCUT2D eigenvalue weighted by atomic mass is 10.0. The van der Waals surface area contributed by atoms with E-state index in [0.29, 0.717) is 13.1 Å². The van der Waals surface area contributed by atoms with Crippen LogP contribution < -0.4 is 5.32 Å². The van der Waals surface area contributed by atoms with Crippen LogP contribution in [0.25, 0.3) is 0 Å². The topological polar surface area (TPSA) is 32.3 Å². The van der Waals surface area contributed by atoms with Crippen molar-refractivity contribution in [1.29, 1.82) is 0 Å². The summed E-state index contributed by atoms with van der Waals surface area (Å²) in [7, 11) is 0. The molecule has 2 amide bonds. The molecule has 0 spiro atoms. The molecular weight excluding hydrogens is 274 g/mol. The molecule has 108 valence electrons. The van der Waals surface area contributed by atoms with Crippen LogP contribution in [0.1, 0.15) is 11.1 Å². The first-order chi connectivity index (χ1) is 10.1. The average Bonchev–Trinajstić information content (AvgIpc) is 2.45. The Morgan fingerprint density at radius 3 is 2.43 bits per heavy atom. The molecule has 2 aromatic rings. The van der Waals surface area contributed by atoms with Crippen molar-refractivity contribution in [1.82, 2.24) is 4.90 Å². The van der Waals surface area contributed by atoms with Crippen molar-refractivity contribution in [3.05, 3.63) is 65.2 Å². The van der Waals surface area contributed by atoms with Gasteiger partial charge in [0, 0.05) is 24.8 Å². The molecule has 3 rings (SSSR count). The molecule has 1 aliphatic rings. The van der Waals surface area contributed by atoms with E-state index in [2.05, 4.69) is 5.32 Å². The molecule has 0 aromatic heterocycles. The first-order valence-electron chi connectivity index (χ1n) is 6.70. The van der Waals surface area contributed by atoms with E-state index >= 15 is 0 Å². The van der Waals surface area contributed by atoms with E-state index in [-0.39, 0.29) is 11.7 Å². The van der Waals surface area contributed by atoms with Crippen LogP contribution >= 0.6 is 0 Å². The number of fused-ring (bicyclic) bond motifs is 1. The second-order valence-corrected chi connectivity index (χ2v) is 5.03. The minimum Gasteiger partial charge on any atom is -0.320 e. The van der Waals surface area contributed by atoms with E-state index in [4.69, 9.17) is 0 Å². The van der Waals surface area contributed by atoms with Gasteiger partial charge in [0.15, 0.2) is 0 Å². The molecule has 0 unspecified atom stereocenters. The number of carbonyl (C=O) groups is 1. The third kappa shape index (κ3) is 3.02. The zero-order valence-electron chi connectivity index (χ0n) is 11.3. The van der Waals surface area contributed by atoms with Gasteiger partial charge in [0.25, 0.3) is 0 Å². The van der Waals surface area contributed by atoms with Crippen LogP contribution in [-0.2, 0) is 13.0 Å². The highest BCUT2D eigenvalue weighted by molar-refractivity contribution is 5.89. The minimum absolute atomic E-state index is 0.122. The SMILES string of the molecule is O=C(Nc1cc(F)cc(F)c1)N1CCc2ccccc2C1. The number of amides is 2. The van der Waals surface area contributed by atoms with Gasteiger partial charge in [0.1, 0.15) is 11.6 Å². The summed E-state index contributed by atoms with van der Waals surface area (Å²) < 4.78 is 26.2. The van der Waals surface area contributed by atoms with Crippen molar-refractivity contribution < 1.29 is 13.6 Å². The lowest BCUT2D eigenvalue weighted by molar-refractivity contribution is 0.206. The zero-order chi connectivity index (χ0) is 14.8. The predicted octanol–water partition coefficient (Wildman–Crippen LogP) is 3.56. The van der Waals surface area contributed by atoms with Gasteiger partial charge in [-0.3, -0.25) is 0 Å². The number of nitrogens with zero attached hydrogens (tertiary/aromatic N) is 1. The molecule has 1 heterocycles. The molecule has 0 fully saturated rings. The van der Waals surface area contributed by atoms with Crippen LogP contribution in [0.5, 0.6) is 0 Å². The molecule has 0 aliphatic carbocycles. The van der Waals surface area contributed by atoms with E-state index in [1.54, 1.807) is 4.90 Å². The average molecular weight is 288 g/mol. The number of anilines is 1. The van der Waals surface area contributed by atoms with Crippen LogP contribution in [0.2, 0.25) is 0 Å². The predicted molar refractivity (Wildman–Crippen MR) is 75.9 cm³/mol. The largest absolute Gasteiger partial charge is 0.322 e. The highest BCUT2D eigenvalue weighted by Crippen LogP contribution is 2.20. The lowest BCUT2D eigenvalue weighted by Crippen LogP contribution is -2.38. The Morgan fingerprint density at radius 2 is 1.71 bits per heavy atom. The van der Waals surface area contributed by atoms with Crippen LogP contribution in [0.15, 0.2) is 42.5 Å². The smallest absolute Gasteiger partial charge is 0.320 e. The molecule has 21 heavy (non-hydrogen) atoms. The Hall–Kier alpha value is -2.43. The van der Waals surface area contributed by atoms with Crippen LogP contribution in [0.3, 0.4) is 0 Å². The Labute approximate surface area is 121 Å². The number of hydrogen-bond donors (Lipinski definition) is 1. The summed E-state index contributed by atoms with van der Waals surface area (Å²) in [6, 6.07) is 10.6. The highest BCUT2D eigenvalue weighted by Gasteiger charge is 2.20. The van der Waals surface area contributed by atoms with Gasteiger partial charge in [-0.25, -0.2) is 13.6 Å². The number of benzene rings is 2. The van der Waals surface area contributed by atoms with E-state index < -0.39 is 11.6 Å². The summed E-state index contributed by atoms with van der Waals surface area (Å²) in [6.45, 7) is 1.08. The van der Waals surface area contributed by atoms with Crippen molar-refractivity contribution >= 4 is 11.7 Å². The Morgan fingerprint density at radius 1 is 1.05 bits per heavy atom. The van der Waals surface area contributed by atoms with Crippen molar-refractivity contribution in [3.63, 3.8) is 0 Å². The number of rotatable bonds is 1. The van der Waals surface area contributed by atoms with Crippen molar-refractivity contribution in [2.45, 2.75) is 13.0 Å². The zero-order valence-corrected chi connectivity index (χ0v) is 11.3. The number of halogens is 2. The van der Waals surface area contributed by atoms with E-state index in [1.807, 2.05) is 24.3 Å². The van der Waals surface area contributed by atoms with Gasteiger partial charge in [0.05, 0.1) is 0 Å². The minimum atomic E-state index is -0.714. The van der Waals surface area contributed by atoms with E-state index in [1.165, 1.54) is 5.56 Å². The number of hydrogen-bond acceptors (Lipinski definition) is 1. The molecule has 3 nitrogen and oxygen atoms in total. The van der Waals surface area contributed by atoms with E-state index in [0.717, 1.165) is 30.2 Å². The molecule has 0 atom stereocenters. The van der Waals surface area contributed by atoms with Crippen molar-refractivity contribution in [2.24, 2.45) is 0 Å². The van der Waals surface area contributed by atoms with Crippen LogP contribution in [0.4, 0.5) is 19.3 Å². The van der Waals surface area contributed by atoms with Gasteiger partial charge in [-0.15, -0.1) is 0 Å². The fraction of sp³-hybridized carbons (Fsp3) is 0.188. The third-order valence-corrected chi connectivity index (χ3v) is 3.53. The maximum absolute atomic E-state index is 13.1. The highest BCUT2D eigenvalue weighted by atomic mass is 19.1. The normalized spacial score (nSPS) is 13.7. The van der Waals surface area contributed by atoms with Crippen molar-refractivity contribution in [3.8, 4) is 0 Å². The monoisotopic (exact) mass is 288 g/mol. The molecule has 0 radical (unpaired) electrons. The molecular formula is C16H14F2N2O. The van der Waals surface area contributed by atoms with Gasteiger partial charge >= 0.3 is 6.03 Å². The second-order valence-electron chi connectivity index (χ2n) is 5.03. The maximum atomic E-state index is 13.1. The quantitative estimate of drug-likeness (QED) is 0.855. The number of nitrogens with one attached hydrogen (secondary N) is 1. The maximum Gasteiger partial charge on any atom is 0.322 e. The third-order valence-electron chi connectivity index (χ3n) is 3.53. The van der Waals surface area contributed by atoms with Gasteiger partial charge in [-0.1, -0.05) is 24.3 Å². The van der Waals surface area contributed by atoms with E-state index in [9.17, 15) is 13.6 Å². The summed E-state index contributed by atoms with van der Waals surface area (Å²) >= 11 is 0. The lowest BCUT2D eigenvalue weighted by Gasteiger charge is -2.28. The summed E-state index contributed by atoms with van der Waals surface area (Å²) in [5, 5.41) is 2.53. The summed E-state index contributed by atoms with van der Waals surface area (Å²) in [4.78, 5) is 13.8. The van der Waals surface area contributed by atoms with Crippen molar-refractivity contribution in [2.75, 3.05) is 11.9 Å². The van der Waals surface area contributed by atoms with Gasteiger partial charge in [-0.2, -0.15) is 0 Å².